The van der Waals surface area contributed by atoms with E-state index in [0.29, 0.717) is 6.42 Å². The van der Waals surface area contributed by atoms with Gasteiger partial charge in [0.15, 0.2) is 0 Å². The molecule has 0 bridgehead atoms. The van der Waals surface area contributed by atoms with Crippen LogP contribution in [0.5, 0.6) is 0 Å². The molecule has 0 amide bonds. The second kappa shape index (κ2) is 5.89. The lowest BCUT2D eigenvalue weighted by molar-refractivity contribution is -0.121. The summed E-state index contributed by atoms with van der Waals surface area (Å²) < 4.78 is 5.63. The molecule has 0 aromatic carbocycles. The topological polar surface area (TPSA) is 26.3 Å². The Morgan fingerprint density at radius 3 is 3.07 bits per heavy atom. The molecule has 80 valence electrons. The summed E-state index contributed by atoms with van der Waals surface area (Å²) in [6.45, 7) is 2.04. The highest BCUT2D eigenvalue weighted by Crippen LogP contribution is 2.27. The van der Waals surface area contributed by atoms with Gasteiger partial charge in [0, 0.05) is 9.86 Å². The average Bonchev–Trinajstić information content (AvgIpc) is 2.16. The summed E-state index contributed by atoms with van der Waals surface area (Å²) in [7, 11) is 0. The number of hydrogen-bond acceptors (Lipinski definition) is 2. The first-order valence-corrected chi connectivity index (χ1v) is 6.06. The highest BCUT2D eigenvalue weighted by atomic mass is 79.9. The number of ether oxygens (including phenoxy) is 1. The number of carbonyl (C=O) groups is 1. The number of allylic oxidation sites excluding steroid dienone is 1. The summed E-state index contributed by atoms with van der Waals surface area (Å²) in [4.78, 5) is 10.9. The highest BCUT2D eigenvalue weighted by molar-refractivity contribution is 9.09. The molecule has 0 radical (unpaired) electrons. The van der Waals surface area contributed by atoms with Gasteiger partial charge in [-0.05, 0) is 19.3 Å². The fourth-order valence-electron chi connectivity index (χ4n) is 1.45. The Hall–Kier alpha value is 0.140. The van der Waals surface area contributed by atoms with Crippen LogP contribution in [-0.4, -0.2) is 23.3 Å². The van der Waals surface area contributed by atoms with Gasteiger partial charge in [-0.1, -0.05) is 40.5 Å². The van der Waals surface area contributed by atoms with E-state index in [1.165, 1.54) is 0 Å². The number of rotatable bonds is 2. The Labute approximate surface area is 97.8 Å². The predicted octanol–water partition coefficient (Wildman–Crippen LogP) is 3.03. The van der Waals surface area contributed by atoms with Crippen LogP contribution in [-0.2, 0) is 9.53 Å². The van der Waals surface area contributed by atoms with E-state index in [1.54, 1.807) is 0 Å². The first-order chi connectivity index (χ1) is 6.67. The smallest absolute Gasteiger partial charge is 0.149 e. The van der Waals surface area contributed by atoms with Gasteiger partial charge in [-0.3, -0.25) is 0 Å². The van der Waals surface area contributed by atoms with Gasteiger partial charge < -0.3 is 9.53 Å². The Morgan fingerprint density at radius 2 is 2.50 bits per heavy atom. The maximum Gasteiger partial charge on any atom is 0.149 e. The van der Waals surface area contributed by atoms with E-state index < -0.39 is 0 Å². The van der Waals surface area contributed by atoms with Crippen molar-refractivity contribution in [3.63, 3.8) is 0 Å². The molecule has 3 atom stereocenters. The van der Waals surface area contributed by atoms with Gasteiger partial charge in [-0.25, -0.2) is 0 Å². The maximum atomic E-state index is 10.7. The Balaban J connectivity index is 2.73. The Kier molecular flexibility index (Phi) is 5.13. The van der Waals surface area contributed by atoms with Crippen molar-refractivity contribution >= 4 is 33.8 Å². The zero-order valence-electron chi connectivity index (χ0n) is 8.08. The quantitative estimate of drug-likeness (QED) is 0.574. The second-order valence-corrected chi connectivity index (χ2v) is 5.03. The van der Waals surface area contributed by atoms with Crippen molar-refractivity contribution in [3.8, 4) is 0 Å². The summed E-state index contributed by atoms with van der Waals surface area (Å²) in [6, 6.07) is 0. The number of hydrogen-bond donors (Lipinski definition) is 0. The molecule has 0 fully saturated rings. The van der Waals surface area contributed by atoms with Crippen molar-refractivity contribution in [1.29, 1.82) is 0 Å². The Bertz CT molecular complexity index is 230. The van der Waals surface area contributed by atoms with Crippen molar-refractivity contribution in [2.24, 2.45) is 0 Å². The van der Waals surface area contributed by atoms with Crippen molar-refractivity contribution < 1.29 is 9.53 Å². The molecule has 0 spiro atoms. The molecule has 0 aromatic heterocycles. The van der Waals surface area contributed by atoms with E-state index in [9.17, 15) is 4.79 Å². The molecule has 0 aromatic rings. The SMILES string of the molecule is CC[C@H]1O[C@@H](C=O)C/C=C(/Cl)C[C@@H]1Br. The molecule has 0 saturated heterocycles. The molecular weight excluding hydrogens is 267 g/mol. The highest BCUT2D eigenvalue weighted by Gasteiger charge is 2.24. The zero-order valence-corrected chi connectivity index (χ0v) is 10.4. The lowest BCUT2D eigenvalue weighted by atomic mass is 10.1. The monoisotopic (exact) mass is 280 g/mol. The third-order valence-electron chi connectivity index (χ3n) is 2.27. The number of halogens is 2. The van der Waals surface area contributed by atoms with Gasteiger partial charge >= 0.3 is 0 Å². The molecule has 1 aliphatic rings. The normalized spacial score (nSPS) is 37.9. The summed E-state index contributed by atoms with van der Waals surface area (Å²) in [6.07, 6.45) is 4.64. The third kappa shape index (κ3) is 3.37. The van der Waals surface area contributed by atoms with Gasteiger partial charge in [0.25, 0.3) is 0 Å². The first kappa shape index (κ1) is 12.2. The Morgan fingerprint density at radius 1 is 1.79 bits per heavy atom. The zero-order chi connectivity index (χ0) is 10.6. The number of aldehydes is 1. The van der Waals surface area contributed by atoms with Crippen LogP contribution < -0.4 is 0 Å². The van der Waals surface area contributed by atoms with Crippen molar-refractivity contribution in [2.75, 3.05) is 0 Å². The van der Waals surface area contributed by atoms with Crippen LogP contribution in [0.2, 0.25) is 0 Å². The van der Waals surface area contributed by atoms with E-state index >= 15 is 0 Å². The van der Waals surface area contributed by atoms with Gasteiger partial charge in [0.1, 0.15) is 12.4 Å². The van der Waals surface area contributed by atoms with E-state index in [1.807, 2.05) is 13.0 Å². The van der Waals surface area contributed by atoms with Gasteiger partial charge in [0.05, 0.1) is 6.10 Å². The molecule has 4 heteroatoms. The van der Waals surface area contributed by atoms with Crippen molar-refractivity contribution in [1.82, 2.24) is 0 Å². The largest absolute Gasteiger partial charge is 0.366 e. The van der Waals surface area contributed by atoms with Crippen LogP contribution in [0.1, 0.15) is 26.2 Å². The number of carbonyl (C=O) groups excluding carboxylic acids is 1. The predicted molar refractivity (Wildman–Crippen MR) is 60.9 cm³/mol. The van der Waals surface area contributed by atoms with Crippen LogP contribution in [0.15, 0.2) is 11.1 Å². The average molecular weight is 282 g/mol. The maximum absolute atomic E-state index is 10.7. The van der Waals surface area contributed by atoms with Crippen LogP contribution in [0, 0.1) is 0 Å². The fraction of sp³-hybridized carbons (Fsp3) is 0.700. The molecule has 1 aliphatic heterocycles. The molecule has 14 heavy (non-hydrogen) atoms. The van der Waals surface area contributed by atoms with Crippen LogP contribution >= 0.6 is 27.5 Å². The minimum atomic E-state index is -0.353. The summed E-state index contributed by atoms with van der Waals surface area (Å²) in [5, 5.41) is 0.806. The van der Waals surface area contributed by atoms with E-state index in [-0.39, 0.29) is 17.0 Å². The van der Waals surface area contributed by atoms with E-state index in [4.69, 9.17) is 16.3 Å². The molecule has 0 N–H and O–H groups in total. The summed E-state index contributed by atoms with van der Waals surface area (Å²) in [5.41, 5.74) is 0. The third-order valence-corrected chi connectivity index (χ3v) is 3.49. The second-order valence-electron chi connectivity index (χ2n) is 3.36. The molecule has 0 aliphatic carbocycles. The van der Waals surface area contributed by atoms with Crippen molar-refractivity contribution in [2.45, 2.75) is 43.2 Å². The molecular formula is C10H14BrClO2. The minimum absolute atomic E-state index is 0.0626. The summed E-state index contributed by atoms with van der Waals surface area (Å²) in [5.74, 6) is 0. The molecule has 0 saturated carbocycles. The fourth-order valence-corrected chi connectivity index (χ4v) is 2.74. The number of alkyl halides is 1. The molecule has 1 heterocycles. The van der Waals surface area contributed by atoms with E-state index in [0.717, 1.165) is 24.2 Å². The van der Waals surface area contributed by atoms with Crippen LogP contribution in [0.4, 0.5) is 0 Å². The van der Waals surface area contributed by atoms with Crippen LogP contribution in [0.3, 0.4) is 0 Å². The molecule has 2 nitrogen and oxygen atoms in total. The molecule has 1 rings (SSSR count). The van der Waals surface area contributed by atoms with Crippen LogP contribution in [0.25, 0.3) is 0 Å². The first-order valence-electron chi connectivity index (χ1n) is 4.76. The molecule has 0 unspecified atom stereocenters. The minimum Gasteiger partial charge on any atom is -0.366 e. The van der Waals surface area contributed by atoms with Crippen molar-refractivity contribution in [3.05, 3.63) is 11.1 Å². The van der Waals surface area contributed by atoms with Gasteiger partial charge in [-0.2, -0.15) is 0 Å². The standard InChI is InChI=1S/C10H14BrClO2/c1-2-10-9(11)5-7(12)3-4-8(6-13)14-10/h3,6,8-10H,2,4-5H2,1H3/b7-3+/t8-,9+,10-/m1/s1. The lowest BCUT2D eigenvalue weighted by Gasteiger charge is -2.26. The summed E-state index contributed by atoms with van der Waals surface area (Å²) >= 11 is 9.52. The van der Waals surface area contributed by atoms with E-state index in [2.05, 4.69) is 15.9 Å². The lowest BCUT2D eigenvalue weighted by Crippen LogP contribution is -2.31. The van der Waals surface area contributed by atoms with Gasteiger partial charge in [0.2, 0.25) is 0 Å². The van der Waals surface area contributed by atoms with Gasteiger partial charge in [-0.15, -0.1) is 0 Å².